The Morgan fingerprint density at radius 3 is 2.88 bits per heavy atom. The Bertz CT molecular complexity index is 581. The predicted molar refractivity (Wildman–Crippen MR) is 83.9 cm³/mol. The lowest BCUT2D eigenvalue weighted by Gasteiger charge is -2.30. The highest BCUT2D eigenvalue weighted by atomic mass is 19.1. The number of amides is 2. The van der Waals surface area contributed by atoms with Crippen LogP contribution in [0.25, 0.3) is 0 Å². The highest BCUT2D eigenvalue weighted by Gasteiger charge is 2.36. The highest BCUT2D eigenvalue weighted by molar-refractivity contribution is 5.74. The number of carbonyl (C=O) groups excluding carboxylic acids is 1. The van der Waals surface area contributed by atoms with E-state index in [9.17, 15) is 13.6 Å². The number of urea groups is 1. The monoisotopic (exact) mass is 340 g/mol. The molecule has 0 radical (unpaired) electrons. The number of nitrogens with one attached hydrogen (secondary N) is 2. The van der Waals surface area contributed by atoms with Crippen molar-refractivity contribution in [1.82, 2.24) is 10.6 Å². The molecule has 2 fully saturated rings. The second kappa shape index (κ2) is 7.79. The van der Waals surface area contributed by atoms with E-state index in [0.717, 1.165) is 25.0 Å². The molecular weight excluding hydrogens is 318 g/mol. The van der Waals surface area contributed by atoms with Crippen LogP contribution >= 0.6 is 0 Å². The van der Waals surface area contributed by atoms with Crippen LogP contribution in [0.5, 0.6) is 5.75 Å². The molecule has 0 bridgehead atoms. The Hall–Kier alpha value is -1.89. The largest absolute Gasteiger partial charge is 0.489 e. The molecule has 1 saturated carbocycles. The minimum Gasteiger partial charge on any atom is -0.489 e. The second-order valence-corrected chi connectivity index (χ2v) is 6.29. The summed E-state index contributed by atoms with van der Waals surface area (Å²) in [5.41, 5.74) is 0. The fraction of sp³-hybridized carbons (Fsp3) is 0.588. The first kappa shape index (κ1) is 17.0. The Balaban J connectivity index is 1.33. The lowest BCUT2D eigenvalue weighted by Crippen LogP contribution is -2.47. The van der Waals surface area contributed by atoms with E-state index in [1.165, 1.54) is 18.9 Å². The smallest absolute Gasteiger partial charge is 0.315 e. The molecule has 1 aromatic carbocycles. The Labute approximate surface area is 139 Å². The van der Waals surface area contributed by atoms with Gasteiger partial charge in [0, 0.05) is 18.7 Å². The predicted octanol–water partition coefficient (Wildman–Crippen LogP) is 2.60. The van der Waals surface area contributed by atoms with Gasteiger partial charge in [0.2, 0.25) is 0 Å². The van der Waals surface area contributed by atoms with Crippen molar-refractivity contribution in [3.8, 4) is 5.75 Å². The van der Waals surface area contributed by atoms with Crippen molar-refractivity contribution in [2.24, 2.45) is 5.92 Å². The van der Waals surface area contributed by atoms with Gasteiger partial charge in [-0.25, -0.2) is 13.6 Å². The van der Waals surface area contributed by atoms with E-state index in [-0.39, 0.29) is 37.1 Å². The molecule has 132 valence electrons. The molecule has 2 N–H and O–H groups in total. The molecule has 7 heteroatoms. The molecule has 1 aliphatic heterocycles. The number of hydrogen-bond acceptors (Lipinski definition) is 3. The molecule has 1 aliphatic carbocycles. The van der Waals surface area contributed by atoms with E-state index >= 15 is 0 Å². The van der Waals surface area contributed by atoms with Crippen molar-refractivity contribution in [2.75, 3.05) is 19.8 Å². The fourth-order valence-electron chi connectivity index (χ4n) is 2.91. The van der Waals surface area contributed by atoms with Crippen LogP contribution < -0.4 is 15.4 Å². The van der Waals surface area contributed by atoms with Crippen molar-refractivity contribution in [2.45, 2.75) is 37.8 Å². The Morgan fingerprint density at radius 2 is 2.12 bits per heavy atom. The number of rotatable bonds is 6. The molecule has 1 saturated heterocycles. The topological polar surface area (TPSA) is 59.6 Å². The summed E-state index contributed by atoms with van der Waals surface area (Å²) < 4.78 is 37.1. The molecular formula is C17H22F2N2O3. The molecule has 0 spiro atoms. The molecule has 1 heterocycles. The average molecular weight is 340 g/mol. The van der Waals surface area contributed by atoms with E-state index < -0.39 is 11.6 Å². The molecule has 24 heavy (non-hydrogen) atoms. The lowest BCUT2D eigenvalue weighted by molar-refractivity contribution is -0.00914. The van der Waals surface area contributed by atoms with Crippen LogP contribution in [0.1, 0.15) is 25.7 Å². The maximum Gasteiger partial charge on any atom is 0.315 e. The summed E-state index contributed by atoms with van der Waals surface area (Å²) in [5, 5.41) is 5.62. The Morgan fingerprint density at radius 1 is 1.29 bits per heavy atom. The maximum atomic E-state index is 13.4. The quantitative estimate of drug-likeness (QED) is 0.783. The standard InChI is InChI=1S/C17H22F2N2O3/c18-12-3-4-15(14(19)9-12)24-8-6-20-17(22)21-13-5-7-23-16(10-13)11-1-2-11/h3-4,9,11,13,16H,1-2,5-8,10H2,(H2,20,21,22)/t13-,16+/m0/s1. The maximum absolute atomic E-state index is 13.4. The van der Waals surface area contributed by atoms with Crippen molar-refractivity contribution >= 4 is 6.03 Å². The zero-order valence-corrected chi connectivity index (χ0v) is 13.4. The molecule has 0 unspecified atom stereocenters. The number of hydrogen-bond donors (Lipinski definition) is 2. The summed E-state index contributed by atoms with van der Waals surface area (Å²) >= 11 is 0. The lowest BCUT2D eigenvalue weighted by atomic mass is 10.0. The molecule has 2 atom stereocenters. The van der Waals surface area contributed by atoms with Crippen LogP contribution in [-0.4, -0.2) is 37.9 Å². The molecule has 3 rings (SSSR count). The third-order valence-corrected chi connectivity index (χ3v) is 4.34. The van der Waals surface area contributed by atoms with Crippen LogP contribution in [0.3, 0.4) is 0 Å². The molecule has 0 aromatic heterocycles. The van der Waals surface area contributed by atoms with Gasteiger partial charge in [-0.3, -0.25) is 0 Å². The number of carbonyl (C=O) groups is 1. The first-order chi connectivity index (χ1) is 11.6. The molecule has 2 amide bonds. The SMILES string of the molecule is O=C(NCCOc1ccc(F)cc1F)N[C@H]1CCO[C@@H](C2CC2)C1. The van der Waals surface area contributed by atoms with Crippen molar-refractivity contribution in [3.63, 3.8) is 0 Å². The second-order valence-electron chi connectivity index (χ2n) is 6.29. The summed E-state index contributed by atoms with van der Waals surface area (Å²) in [6.45, 7) is 1.02. The summed E-state index contributed by atoms with van der Waals surface area (Å²) in [5.74, 6) is -0.780. The van der Waals surface area contributed by atoms with Gasteiger partial charge in [-0.05, 0) is 43.7 Å². The van der Waals surface area contributed by atoms with Crippen LogP contribution in [0.2, 0.25) is 0 Å². The Kier molecular flexibility index (Phi) is 5.50. The van der Waals surface area contributed by atoms with Gasteiger partial charge in [-0.1, -0.05) is 0 Å². The van der Waals surface area contributed by atoms with E-state index in [1.807, 2.05) is 0 Å². The van der Waals surface area contributed by atoms with Gasteiger partial charge in [0.25, 0.3) is 0 Å². The van der Waals surface area contributed by atoms with Gasteiger partial charge in [0.15, 0.2) is 11.6 Å². The number of halogens is 2. The van der Waals surface area contributed by atoms with E-state index in [0.29, 0.717) is 12.5 Å². The average Bonchev–Trinajstić information content (AvgIpc) is 3.38. The zero-order valence-electron chi connectivity index (χ0n) is 13.4. The van der Waals surface area contributed by atoms with Gasteiger partial charge in [0.1, 0.15) is 12.4 Å². The van der Waals surface area contributed by atoms with Crippen molar-refractivity contribution in [3.05, 3.63) is 29.8 Å². The molecule has 5 nitrogen and oxygen atoms in total. The number of benzene rings is 1. The van der Waals surface area contributed by atoms with E-state index in [4.69, 9.17) is 9.47 Å². The first-order valence-electron chi connectivity index (χ1n) is 8.35. The fourth-order valence-corrected chi connectivity index (χ4v) is 2.91. The minimum absolute atomic E-state index is 0.0321. The third kappa shape index (κ3) is 4.80. The first-order valence-corrected chi connectivity index (χ1v) is 8.35. The summed E-state index contributed by atoms with van der Waals surface area (Å²) in [6, 6.07) is 2.97. The van der Waals surface area contributed by atoms with Crippen LogP contribution in [0.15, 0.2) is 18.2 Å². The van der Waals surface area contributed by atoms with Gasteiger partial charge >= 0.3 is 6.03 Å². The normalized spacial score (nSPS) is 23.6. The van der Waals surface area contributed by atoms with Crippen LogP contribution in [0, 0.1) is 17.6 Å². The van der Waals surface area contributed by atoms with Crippen LogP contribution in [-0.2, 0) is 4.74 Å². The third-order valence-electron chi connectivity index (χ3n) is 4.34. The molecule has 1 aromatic rings. The highest BCUT2D eigenvalue weighted by Crippen LogP contribution is 2.38. The van der Waals surface area contributed by atoms with Gasteiger partial charge < -0.3 is 20.1 Å². The van der Waals surface area contributed by atoms with E-state index in [1.54, 1.807) is 0 Å². The van der Waals surface area contributed by atoms with E-state index in [2.05, 4.69) is 10.6 Å². The van der Waals surface area contributed by atoms with Crippen molar-refractivity contribution < 1.29 is 23.0 Å². The van der Waals surface area contributed by atoms with Gasteiger partial charge in [0.05, 0.1) is 12.6 Å². The zero-order chi connectivity index (χ0) is 16.9. The molecule has 2 aliphatic rings. The summed E-state index contributed by atoms with van der Waals surface area (Å²) in [6.07, 6.45) is 4.39. The summed E-state index contributed by atoms with van der Waals surface area (Å²) in [7, 11) is 0. The van der Waals surface area contributed by atoms with Crippen LogP contribution in [0.4, 0.5) is 13.6 Å². The summed E-state index contributed by atoms with van der Waals surface area (Å²) in [4.78, 5) is 11.9. The van der Waals surface area contributed by atoms with Crippen molar-refractivity contribution in [1.29, 1.82) is 0 Å². The number of ether oxygens (including phenoxy) is 2. The van der Waals surface area contributed by atoms with Gasteiger partial charge in [-0.2, -0.15) is 0 Å². The van der Waals surface area contributed by atoms with Gasteiger partial charge in [-0.15, -0.1) is 0 Å². The minimum atomic E-state index is -0.757.